The van der Waals surface area contributed by atoms with Gasteiger partial charge in [-0.2, -0.15) is 4.31 Å². The van der Waals surface area contributed by atoms with Gasteiger partial charge >= 0.3 is 5.97 Å². The van der Waals surface area contributed by atoms with Gasteiger partial charge in [-0.05, 0) is 66.6 Å². The van der Waals surface area contributed by atoms with Crippen molar-refractivity contribution in [3.8, 4) is 11.3 Å². The van der Waals surface area contributed by atoms with Crippen molar-refractivity contribution in [3.63, 3.8) is 0 Å². The maximum atomic E-state index is 12.9. The van der Waals surface area contributed by atoms with Crippen molar-refractivity contribution in [1.29, 1.82) is 0 Å². The highest BCUT2D eigenvalue weighted by molar-refractivity contribution is 7.89. The van der Waals surface area contributed by atoms with Gasteiger partial charge < -0.3 is 14.3 Å². The third-order valence-corrected chi connectivity index (χ3v) is 8.89. The molecule has 1 N–H and O–H groups in total. The number of allylic oxidation sites excluding steroid dienone is 1. The highest BCUT2D eigenvalue weighted by atomic mass is 32.2. The van der Waals surface area contributed by atoms with Crippen molar-refractivity contribution in [1.82, 2.24) is 9.29 Å². The van der Waals surface area contributed by atoms with E-state index in [2.05, 4.69) is 4.98 Å². The summed E-state index contributed by atoms with van der Waals surface area (Å²) in [5.74, 6) is 0.266. The summed E-state index contributed by atoms with van der Waals surface area (Å²) in [4.78, 5) is 16.1. The number of aromatic nitrogens is 1. The summed E-state index contributed by atoms with van der Waals surface area (Å²) in [5, 5.41) is 9.97. The van der Waals surface area contributed by atoms with Crippen LogP contribution in [0.3, 0.4) is 0 Å². The number of ether oxygens (including phenoxy) is 1. The quantitative estimate of drug-likeness (QED) is 0.346. The number of carboxylic acid groups (broad SMARTS) is 1. The summed E-state index contributed by atoms with van der Waals surface area (Å²) in [6.07, 6.45) is 2.12. The number of hydrogen-bond donors (Lipinski definition) is 1. The fourth-order valence-corrected chi connectivity index (χ4v) is 6.39. The van der Waals surface area contributed by atoms with Crippen molar-refractivity contribution < 1.29 is 27.5 Å². The summed E-state index contributed by atoms with van der Waals surface area (Å²) in [5.41, 5.74) is 2.39. The number of para-hydroxylation sites is 1. The van der Waals surface area contributed by atoms with Crippen molar-refractivity contribution in [2.45, 2.75) is 17.7 Å². The SMILES string of the molecule is O=C(O)CC/C(=C\c1ccc(-c2ccc(S(=O)(=O)N3CCOCC3)cc2)o1)c1nc2ccccc2s1. The lowest BCUT2D eigenvalue weighted by atomic mass is 10.1. The highest BCUT2D eigenvalue weighted by Crippen LogP contribution is 2.32. The van der Waals surface area contributed by atoms with Crippen LogP contribution in [0.25, 0.3) is 33.2 Å². The number of morpholine rings is 1. The van der Waals surface area contributed by atoms with Gasteiger partial charge in [0.05, 0.1) is 28.3 Å². The summed E-state index contributed by atoms with van der Waals surface area (Å²) < 4.78 is 39.5. The Morgan fingerprint density at radius 3 is 2.50 bits per heavy atom. The van der Waals surface area contributed by atoms with Crippen LogP contribution in [0.2, 0.25) is 0 Å². The zero-order valence-electron chi connectivity index (χ0n) is 19.3. The molecule has 0 bridgehead atoms. The monoisotopic (exact) mass is 524 g/mol. The molecule has 0 aliphatic carbocycles. The van der Waals surface area contributed by atoms with Crippen LogP contribution in [-0.2, 0) is 19.6 Å². The predicted molar refractivity (Wildman–Crippen MR) is 138 cm³/mol. The second-order valence-electron chi connectivity index (χ2n) is 8.29. The van der Waals surface area contributed by atoms with Crippen molar-refractivity contribution >= 4 is 49.2 Å². The largest absolute Gasteiger partial charge is 0.481 e. The molecule has 0 radical (unpaired) electrons. The molecule has 0 unspecified atom stereocenters. The van der Waals surface area contributed by atoms with E-state index in [1.165, 1.54) is 15.6 Å². The van der Waals surface area contributed by atoms with Crippen molar-refractivity contribution in [3.05, 3.63) is 71.4 Å². The Morgan fingerprint density at radius 2 is 1.78 bits per heavy atom. The van der Waals surface area contributed by atoms with E-state index in [0.29, 0.717) is 44.2 Å². The van der Waals surface area contributed by atoms with Gasteiger partial charge in [-0.15, -0.1) is 11.3 Å². The van der Waals surface area contributed by atoms with E-state index in [1.54, 1.807) is 24.3 Å². The first-order valence-electron chi connectivity index (χ1n) is 11.5. The van der Waals surface area contributed by atoms with Crippen LogP contribution in [-0.4, -0.2) is 55.1 Å². The predicted octanol–water partition coefficient (Wildman–Crippen LogP) is 4.98. The molecule has 1 aliphatic rings. The molecule has 0 amide bonds. The summed E-state index contributed by atoms with van der Waals surface area (Å²) in [7, 11) is -3.57. The minimum absolute atomic E-state index is 0.0194. The van der Waals surface area contributed by atoms with E-state index in [-0.39, 0.29) is 11.3 Å². The number of fused-ring (bicyclic) bond motifs is 1. The summed E-state index contributed by atoms with van der Waals surface area (Å²) in [6, 6.07) is 18.0. The third-order valence-electron chi connectivity index (χ3n) is 5.87. The maximum absolute atomic E-state index is 12.9. The van der Waals surface area contributed by atoms with Crippen LogP contribution >= 0.6 is 11.3 Å². The number of carboxylic acids is 1. The van der Waals surface area contributed by atoms with Gasteiger partial charge in [-0.1, -0.05) is 12.1 Å². The first kappa shape index (κ1) is 24.4. The number of benzene rings is 2. The lowest BCUT2D eigenvalue weighted by Gasteiger charge is -2.26. The number of hydrogen-bond acceptors (Lipinski definition) is 7. The number of thiazole rings is 1. The van der Waals surface area contributed by atoms with Gasteiger partial charge in [0.15, 0.2) is 0 Å². The molecule has 1 aliphatic heterocycles. The normalized spacial score (nSPS) is 15.4. The minimum atomic E-state index is -3.57. The van der Waals surface area contributed by atoms with Gasteiger partial charge in [0.25, 0.3) is 0 Å². The second kappa shape index (κ2) is 10.4. The molecular formula is C26H24N2O6S2. The molecule has 1 saturated heterocycles. The Bertz CT molecular complexity index is 1480. The van der Waals surface area contributed by atoms with Gasteiger partial charge in [0.2, 0.25) is 10.0 Å². The molecule has 2 aromatic heterocycles. The van der Waals surface area contributed by atoms with Crippen LogP contribution < -0.4 is 0 Å². The van der Waals surface area contributed by atoms with E-state index in [9.17, 15) is 18.3 Å². The fourth-order valence-electron chi connectivity index (χ4n) is 3.98. The number of furan rings is 1. The Kier molecular flexibility index (Phi) is 7.01. The molecule has 1 fully saturated rings. The highest BCUT2D eigenvalue weighted by Gasteiger charge is 2.26. The van der Waals surface area contributed by atoms with Crippen LogP contribution in [0, 0.1) is 0 Å². The second-order valence-corrected chi connectivity index (χ2v) is 11.3. The maximum Gasteiger partial charge on any atom is 0.303 e. The molecular weight excluding hydrogens is 500 g/mol. The zero-order valence-corrected chi connectivity index (χ0v) is 20.9. The Labute approximate surface area is 212 Å². The molecule has 36 heavy (non-hydrogen) atoms. The first-order chi connectivity index (χ1) is 17.4. The van der Waals surface area contributed by atoms with Crippen LogP contribution in [0.4, 0.5) is 0 Å². The van der Waals surface area contributed by atoms with E-state index in [0.717, 1.165) is 26.4 Å². The van der Waals surface area contributed by atoms with Crippen LogP contribution in [0.1, 0.15) is 23.6 Å². The fraction of sp³-hybridized carbons (Fsp3) is 0.231. The molecule has 4 aromatic rings. The smallest absolute Gasteiger partial charge is 0.303 e. The summed E-state index contributed by atoms with van der Waals surface area (Å²) in [6.45, 7) is 1.48. The van der Waals surface area contributed by atoms with Crippen LogP contribution in [0.15, 0.2) is 70.0 Å². The number of carbonyl (C=O) groups is 1. The Balaban J connectivity index is 1.40. The van der Waals surface area contributed by atoms with Crippen molar-refractivity contribution in [2.75, 3.05) is 26.3 Å². The molecule has 3 heterocycles. The summed E-state index contributed by atoms with van der Waals surface area (Å²) >= 11 is 1.51. The minimum Gasteiger partial charge on any atom is -0.481 e. The molecule has 0 atom stereocenters. The molecule has 5 rings (SSSR count). The van der Waals surface area contributed by atoms with E-state index >= 15 is 0 Å². The molecule has 10 heteroatoms. The van der Waals surface area contributed by atoms with Gasteiger partial charge in [0.1, 0.15) is 16.5 Å². The average Bonchev–Trinajstić information content (AvgIpc) is 3.54. The van der Waals surface area contributed by atoms with E-state index < -0.39 is 16.0 Å². The average molecular weight is 525 g/mol. The first-order valence-corrected chi connectivity index (χ1v) is 13.7. The Hall–Kier alpha value is -3.31. The van der Waals surface area contributed by atoms with Crippen LogP contribution in [0.5, 0.6) is 0 Å². The number of rotatable bonds is 8. The Morgan fingerprint density at radius 1 is 1.03 bits per heavy atom. The molecule has 2 aromatic carbocycles. The standard InChI is InChI=1S/C26H24N2O6S2/c29-25(30)12-7-19(26-27-22-3-1-2-4-24(22)35-26)17-20-8-11-23(34-20)18-5-9-21(10-6-18)36(31,32)28-13-15-33-16-14-28/h1-6,8-11,17H,7,12-16H2,(H,29,30)/b19-17+. The molecule has 186 valence electrons. The lowest BCUT2D eigenvalue weighted by molar-refractivity contribution is -0.136. The van der Waals surface area contributed by atoms with Gasteiger partial charge in [-0.25, -0.2) is 13.4 Å². The topological polar surface area (TPSA) is 110 Å². The lowest BCUT2D eigenvalue weighted by Crippen LogP contribution is -2.40. The van der Waals surface area contributed by atoms with Gasteiger partial charge in [-0.3, -0.25) is 4.79 Å². The number of sulfonamides is 1. The number of aliphatic carboxylic acids is 1. The van der Waals surface area contributed by atoms with Gasteiger partial charge in [0, 0.05) is 25.1 Å². The van der Waals surface area contributed by atoms with E-state index in [1.807, 2.05) is 42.5 Å². The van der Waals surface area contributed by atoms with E-state index in [4.69, 9.17) is 9.15 Å². The molecule has 0 saturated carbocycles. The third kappa shape index (κ3) is 5.26. The molecule has 8 nitrogen and oxygen atoms in total. The molecule has 0 spiro atoms. The number of nitrogens with zero attached hydrogens (tertiary/aromatic N) is 2. The zero-order chi connectivity index (χ0) is 25.1. The van der Waals surface area contributed by atoms with Crippen molar-refractivity contribution in [2.24, 2.45) is 0 Å².